The molecule has 0 aliphatic rings. The zero-order valence-electron chi connectivity index (χ0n) is 9.71. The zero-order chi connectivity index (χ0) is 11.4. The third-order valence-electron chi connectivity index (χ3n) is 2.24. The molecule has 0 N–H and O–H groups in total. The van der Waals surface area contributed by atoms with Crippen LogP contribution in [0.4, 0.5) is 0 Å². The minimum atomic E-state index is 0.632. The average molecular weight is 204 g/mol. The van der Waals surface area contributed by atoms with Gasteiger partial charge in [-0.15, -0.1) is 0 Å². The van der Waals surface area contributed by atoms with E-state index in [1.165, 1.54) is 0 Å². The summed E-state index contributed by atoms with van der Waals surface area (Å²) in [7, 11) is 6.36. The van der Waals surface area contributed by atoms with Gasteiger partial charge in [-0.25, -0.2) is 0 Å². The van der Waals surface area contributed by atoms with E-state index < -0.39 is 0 Å². The van der Waals surface area contributed by atoms with E-state index in [1.807, 2.05) is 17.7 Å². The molecule has 0 aromatic heterocycles. The third-order valence-corrected chi connectivity index (χ3v) is 2.24. The summed E-state index contributed by atoms with van der Waals surface area (Å²) < 4.78 is 21.8. The SMILES string of the molecule is [Li][c]1c(OC)c(OC)cc(OC)c1OC. The van der Waals surface area contributed by atoms with E-state index in [2.05, 4.69) is 0 Å². The molecule has 0 aliphatic carbocycles. The van der Waals surface area contributed by atoms with Crippen LogP contribution in [0.25, 0.3) is 0 Å². The summed E-state index contributed by atoms with van der Waals surface area (Å²) in [6.45, 7) is 0. The van der Waals surface area contributed by atoms with Crippen LogP contribution in [-0.4, -0.2) is 46.2 Å². The number of benzene rings is 1. The van der Waals surface area contributed by atoms with Crippen LogP contribution in [0, 0.1) is 0 Å². The maximum atomic E-state index is 5.25. The minimum absolute atomic E-state index is 0.632. The molecule has 0 heterocycles. The van der Waals surface area contributed by atoms with Crippen molar-refractivity contribution in [3.05, 3.63) is 6.07 Å². The molecular weight excluding hydrogens is 191 g/mol. The molecule has 0 fully saturated rings. The van der Waals surface area contributed by atoms with Crippen LogP contribution >= 0.6 is 0 Å². The van der Waals surface area contributed by atoms with E-state index >= 15 is 0 Å². The second-order valence-corrected chi connectivity index (χ2v) is 2.97. The maximum absolute atomic E-state index is 5.25. The Hall–Kier alpha value is -0.983. The normalized spacial score (nSPS) is 9.73. The van der Waals surface area contributed by atoms with Crippen molar-refractivity contribution in [1.29, 1.82) is 0 Å². The predicted octanol–water partition coefficient (Wildman–Crippen LogP) is 0.515. The van der Waals surface area contributed by atoms with Crippen molar-refractivity contribution >= 4 is 22.0 Å². The molecule has 1 aromatic carbocycles. The molecule has 5 heteroatoms. The van der Waals surface area contributed by atoms with Gasteiger partial charge in [0.1, 0.15) is 0 Å². The van der Waals surface area contributed by atoms with Gasteiger partial charge in [-0.05, 0) is 0 Å². The van der Waals surface area contributed by atoms with Crippen molar-refractivity contribution in [2.24, 2.45) is 0 Å². The molecule has 0 radical (unpaired) electrons. The summed E-state index contributed by atoms with van der Waals surface area (Å²) in [6, 6.07) is 1.74. The Balaban J connectivity index is 3.41. The van der Waals surface area contributed by atoms with Crippen molar-refractivity contribution in [3.8, 4) is 23.0 Å². The number of ether oxygens (including phenoxy) is 4. The Morgan fingerprint density at radius 2 is 1.20 bits per heavy atom. The third kappa shape index (κ3) is 2.16. The zero-order valence-corrected chi connectivity index (χ0v) is 9.71. The molecule has 0 spiro atoms. The summed E-state index contributed by atoms with van der Waals surface area (Å²) >= 11 is 1.89. The first kappa shape index (κ1) is 12.1. The molecule has 15 heavy (non-hydrogen) atoms. The Bertz CT molecular complexity index is 322. The standard InChI is InChI=1S/C10H13O4.Li/c1-11-7-5-9(13-3)10(14-4)6-8(7)12-2;/h5H,1-4H3;. The molecule has 78 valence electrons. The Labute approximate surface area is 98.7 Å². The van der Waals surface area contributed by atoms with E-state index in [4.69, 9.17) is 18.9 Å². The van der Waals surface area contributed by atoms with Gasteiger partial charge < -0.3 is 0 Å². The second kappa shape index (κ2) is 5.20. The van der Waals surface area contributed by atoms with Gasteiger partial charge in [0.15, 0.2) is 0 Å². The molecule has 0 bridgehead atoms. The van der Waals surface area contributed by atoms with Gasteiger partial charge in [-0.3, -0.25) is 0 Å². The van der Waals surface area contributed by atoms with Crippen LogP contribution in [0.5, 0.6) is 23.0 Å². The second-order valence-electron chi connectivity index (χ2n) is 2.97. The quantitative estimate of drug-likeness (QED) is 0.670. The van der Waals surface area contributed by atoms with Crippen LogP contribution < -0.4 is 23.2 Å². The summed E-state index contributed by atoms with van der Waals surface area (Å²) in [5.74, 6) is 2.59. The van der Waals surface area contributed by atoms with E-state index in [0.29, 0.717) is 23.0 Å². The fourth-order valence-electron chi connectivity index (χ4n) is 1.53. The van der Waals surface area contributed by atoms with Crippen LogP contribution in [0.3, 0.4) is 0 Å². The van der Waals surface area contributed by atoms with Crippen molar-refractivity contribution in [2.45, 2.75) is 0 Å². The van der Waals surface area contributed by atoms with Gasteiger partial charge >= 0.3 is 98.4 Å². The summed E-state index contributed by atoms with van der Waals surface area (Å²) in [5.41, 5.74) is 0. The van der Waals surface area contributed by atoms with Crippen molar-refractivity contribution in [3.63, 3.8) is 0 Å². The Morgan fingerprint density at radius 3 is 1.47 bits per heavy atom. The topological polar surface area (TPSA) is 36.9 Å². The molecule has 0 saturated carbocycles. The van der Waals surface area contributed by atoms with E-state index in [0.717, 1.165) is 4.24 Å². The first-order valence-corrected chi connectivity index (χ1v) is 4.53. The fourth-order valence-corrected chi connectivity index (χ4v) is 1.53. The molecule has 1 aromatic rings. The fraction of sp³-hybridized carbons (Fsp3) is 0.400. The van der Waals surface area contributed by atoms with Crippen molar-refractivity contribution in [1.82, 2.24) is 0 Å². The van der Waals surface area contributed by atoms with Crippen LogP contribution in [-0.2, 0) is 0 Å². The number of rotatable bonds is 4. The summed E-state index contributed by atoms with van der Waals surface area (Å²) in [6.07, 6.45) is 0. The molecule has 1 rings (SSSR count). The van der Waals surface area contributed by atoms with Crippen molar-refractivity contribution in [2.75, 3.05) is 28.4 Å². The number of hydrogen-bond acceptors (Lipinski definition) is 4. The van der Waals surface area contributed by atoms with Gasteiger partial charge in [-0.1, -0.05) is 0 Å². The first-order chi connectivity index (χ1) is 7.19. The summed E-state index contributed by atoms with van der Waals surface area (Å²) in [4.78, 5) is 0. The van der Waals surface area contributed by atoms with Gasteiger partial charge in [-0.2, -0.15) is 0 Å². The van der Waals surface area contributed by atoms with Crippen molar-refractivity contribution < 1.29 is 18.9 Å². The average Bonchev–Trinajstić information content (AvgIpc) is 2.27. The predicted molar refractivity (Wildman–Crippen MR) is 58.0 cm³/mol. The number of hydrogen-bond donors (Lipinski definition) is 0. The van der Waals surface area contributed by atoms with Crippen LogP contribution in [0.15, 0.2) is 6.07 Å². The monoisotopic (exact) mass is 204 g/mol. The van der Waals surface area contributed by atoms with E-state index in [9.17, 15) is 0 Å². The first-order valence-electron chi connectivity index (χ1n) is 4.53. The van der Waals surface area contributed by atoms with Crippen LogP contribution in [0.1, 0.15) is 0 Å². The molecule has 4 nitrogen and oxygen atoms in total. The molecule has 0 atom stereocenters. The van der Waals surface area contributed by atoms with Gasteiger partial charge in [0.05, 0.1) is 0 Å². The Morgan fingerprint density at radius 1 is 0.800 bits per heavy atom. The molecule has 0 aliphatic heterocycles. The molecule has 0 saturated heterocycles. The number of methoxy groups -OCH3 is 4. The van der Waals surface area contributed by atoms with E-state index in [-0.39, 0.29) is 0 Å². The molecule has 0 unspecified atom stereocenters. The van der Waals surface area contributed by atoms with Gasteiger partial charge in [0.25, 0.3) is 0 Å². The Kier molecular flexibility index (Phi) is 4.19. The molecular formula is C10H13LiO4. The van der Waals surface area contributed by atoms with Gasteiger partial charge in [0, 0.05) is 0 Å². The summed E-state index contributed by atoms with van der Waals surface area (Å²) in [5, 5.41) is 0. The van der Waals surface area contributed by atoms with Crippen LogP contribution in [0.2, 0.25) is 0 Å². The van der Waals surface area contributed by atoms with E-state index in [1.54, 1.807) is 34.5 Å². The molecule has 0 amide bonds. The van der Waals surface area contributed by atoms with Gasteiger partial charge in [0.2, 0.25) is 0 Å².